The zero-order valence-corrected chi connectivity index (χ0v) is 15.4. The van der Waals surface area contributed by atoms with Crippen molar-refractivity contribution in [3.63, 3.8) is 0 Å². The molecule has 0 radical (unpaired) electrons. The standard InChI is InChI=1S/C19H19N3O3S/c1-19(2)10-12-4-3-5-14(17(12)24-19)20-15(23)6-7-16-21-18(22-25-16)13-8-9-26-11-13/h3-5,8-9,11H,6-7,10H2,1-2H3,(H,20,23). The summed E-state index contributed by atoms with van der Waals surface area (Å²) in [6, 6.07) is 7.76. The number of ether oxygens (including phenoxy) is 1. The van der Waals surface area contributed by atoms with Crippen LogP contribution in [0.5, 0.6) is 5.75 Å². The van der Waals surface area contributed by atoms with E-state index in [9.17, 15) is 4.79 Å². The van der Waals surface area contributed by atoms with Crippen molar-refractivity contribution >= 4 is 22.9 Å². The van der Waals surface area contributed by atoms with Gasteiger partial charge in [-0.25, -0.2) is 0 Å². The number of thiophene rings is 1. The molecule has 1 aliphatic heterocycles. The second kappa shape index (κ2) is 6.57. The van der Waals surface area contributed by atoms with Gasteiger partial charge >= 0.3 is 0 Å². The Morgan fingerprint density at radius 1 is 1.35 bits per heavy atom. The van der Waals surface area contributed by atoms with E-state index in [0.29, 0.717) is 23.8 Å². The molecule has 0 unspecified atom stereocenters. The first-order valence-electron chi connectivity index (χ1n) is 8.46. The number of hydrogen-bond acceptors (Lipinski definition) is 6. The molecule has 134 valence electrons. The number of benzene rings is 1. The molecule has 0 aliphatic carbocycles. The van der Waals surface area contributed by atoms with E-state index in [2.05, 4.69) is 15.5 Å². The molecule has 3 heterocycles. The van der Waals surface area contributed by atoms with E-state index in [1.54, 1.807) is 11.3 Å². The Kier molecular flexibility index (Phi) is 4.24. The number of carbonyl (C=O) groups excluding carboxylic acids is 1. The van der Waals surface area contributed by atoms with Crippen LogP contribution in [0.25, 0.3) is 11.4 Å². The highest BCUT2D eigenvalue weighted by Crippen LogP contribution is 2.40. The van der Waals surface area contributed by atoms with Crippen LogP contribution in [0.15, 0.2) is 39.5 Å². The minimum absolute atomic E-state index is 0.109. The third-order valence-electron chi connectivity index (χ3n) is 4.18. The molecular formula is C19H19N3O3S. The number of hydrogen-bond donors (Lipinski definition) is 1. The number of fused-ring (bicyclic) bond motifs is 1. The maximum atomic E-state index is 12.3. The number of anilines is 1. The van der Waals surface area contributed by atoms with Gasteiger partial charge in [0.15, 0.2) is 0 Å². The highest BCUT2D eigenvalue weighted by atomic mass is 32.1. The van der Waals surface area contributed by atoms with Gasteiger partial charge in [-0.05, 0) is 31.4 Å². The zero-order valence-electron chi connectivity index (χ0n) is 14.6. The van der Waals surface area contributed by atoms with Gasteiger partial charge in [0.1, 0.15) is 11.4 Å². The number of aromatic nitrogens is 2. The van der Waals surface area contributed by atoms with Gasteiger partial charge in [-0.1, -0.05) is 17.3 Å². The van der Waals surface area contributed by atoms with Crippen molar-refractivity contribution in [3.8, 4) is 17.1 Å². The van der Waals surface area contributed by atoms with Crippen LogP contribution in [0.1, 0.15) is 31.7 Å². The molecule has 0 spiro atoms. The Morgan fingerprint density at radius 2 is 2.23 bits per heavy atom. The van der Waals surface area contributed by atoms with E-state index in [4.69, 9.17) is 9.26 Å². The molecule has 1 amide bonds. The minimum Gasteiger partial charge on any atom is -0.485 e. The summed E-state index contributed by atoms with van der Waals surface area (Å²) in [6.45, 7) is 4.08. The van der Waals surface area contributed by atoms with E-state index in [-0.39, 0.29) is 17.9 Å². The largest absolute Gasteiger partial charge is 0.485 e. The molecule has 4 rings (SSSR count). The fourth-order valence-corrected chi connectivity index (χ4v) is 3.65. The van der Waals surface area contributed by atoms with Crippen LogP contribution >= 0.6 is 11.3 Å². The zero-order chi connectivity index (χ0) is 18.1. The molecule has 7 heteroatoms. The van der Waals surface area contributed by atoms with Crippen molar-refractivity contribution in [1.29, 1.82) is 0 Å². The van der Waals surface area contributed by atoms with Crippen molar-refractivity contribution in [2.45, 2.75) is 38.7 Å². The van der Waals surface area contributed by atoms with E-state index < -0.39 is 0 Å². The number of carbonyl (C=O) groups is 1. The lowest BCUT2D eigenvalue weighted by Gasteiger charge is -2.18. The average molecular weight is 369 g/mol. The highest BCUT2D eigenvalue weighted by molar-refractivity contribution is 7.08. The van der Waals surface area contributed by atoms with Gasteiger partial charge in [0.05, 0.1) is 5.69 Å². The molecule has 0 saturated heterocycles. The van der Waals surface area contributed by atoms with E-state index >= 15 is 0 Å². The molecule has 0 saturated carbocycles. The van der Waals surface area contributed by atoms with Gasteiger partial charge < -0.3 is 14.6 Å². The molecule has 0 fully saturated rings. The monoisotopic (exact) mass is 369 g/mol. The lowest BCUT2D eigenvalue weighted by molar-refractivity contribution is -0.116. The topological polar surface area (TPSA) is 77.3 Å². The Bertz CT molecular complexity index is 931. The summed E-state index contributed by atoms with van der Waals surface area (Å²) in [6.07, 6.45) is 1.49. The molecule has 1 aromatic carbocycles. The summed E-state index contributed by atoms with van der Waals surface area (Å²) in [5.41, 5.74) is 2.51. The SMILES string of the molecule is CC1(C)Cc2cccc(NC(=O)CCc3nc(-c4ccsc4)no3)c2O1. The number of amides is 1. The summed E-state index contributed by atoms with van der Waals surface area (Å²) < 4.78 is 11.2. The second-order valence-electron chi connectivity index (χ2n) is 6.90. The number of rotatable bonds is 5. The molecular weight excluding hydrogens is 350 g/mol. The van der Waals surface area contributed by atoms with Crippen LogP contribution < -0.4 is 10.1 Å². The quantitative estimate of drug-likeness (QED) is 0.733. The van der Waals surface area contributed by atoms with Gasteiger partial charge in [-0.15, -0.1) is 0 Å². The Hall–Kier alpha value is -2.67. The average Bonchev–Trinajstić information content (AvgIpc) is 3.31. The van der Waals surface area contributed by atoms with E-state index in [1.807, 2.05) is 48.9 Å². The Morgan fingerprint density at radius 3 is 3.04 bits per heavy atom. The van der Waals surface area contributed by atoms with Crippen LogP contribution in [0, 0.1) is 0 Å². The summed E-state index contributed by atoms with van der Waals surface area (Å²) in [4.78, 5) is 16.7. The maximum Gasteiger partial charge on any atom is 0.227 e. The molecule has 6 nitrogen and oxygen atoms in total. The fourth-order valence-electron chi connectivity index (χ4n) is 3.01. The first kappa shape index (κ1) is 16.8. The summed E-state index contributed by atoms with van der Waals surface area (Å²) in [5.74, 6) is 1.67. The van der Waals surface area contributed by atoms with Crippen LogP contribution in [0.4, 0.5) is 5.69 Å². The van der Waals surface area contributed by atoms with Gasteiger partial charge in [0, 0.05) is 35.8 Å². The minimum atomic E-state index is -0.245. The van der Waals surface area contributed by atoms with Crippen molar-refractivity contribution in [1.82, 2.24) is 10.1 Å². The van der Waals surface area contributed by atoms with Crippen LogP contribution in [0.2, 0.25) is 0 Å². The highest BCUT2D eigenvalue weighted by Gasteiger charge is 2.31. The number of nitrogens with one attached hydrogen (secondary N) is 1. The van der Waals surface area contributed by atoms with Crippen molar-refractivity contribution < 1.29 is 14.1 Å². The van der Waals surface area contributed by atoms with E-state index in [1.165, 1.54) is 0 Å². The lowest BCUT2D eigenvalue weighted by atomic mass is 10.0. The maximum absolute atomic E-state index is 12.3. The van der Waals surface area contributed by atoms with Gasteiger partial charge in [-0.2, -0.15) is 16.3 Å². The van der Waals surface area contributed by atoms with Gasteiger partial charge in [0.2, 0.25) is 17.6 Å². The second-order valence-corrected chi connectivity index (χ2v) is 7.68. The molecule has 1 N–H and O–H groups in total. The third kappa shape index (κ3) is 3.48. The summed E-state index contributed by atoms with van der Waals surface area (Å²) in [7, 11) is 0. The summed E-state index contributed by atoms with van der Waals surface area (Å²) in [5, 5.41) is 10.8. The molecule has 1 aliphatic rings. The fraction of sp³-hybridized carbons (Fsp3) is 0.316. The van der Waals surface area contributed by atoms with Crippen molar-refractivity contribution in [2.75, 3.05) is 5.32 Å². The Balaban J connectivity index is 1.38. The smallest absolute Gasteiger partial charge is 0.227 e. The lowest BCUT2D eigenvalue weighted by Crippen LogP contribution is -2.25. The predicted octanol–water partition coefficient (Wildman–Crippen LogP) is 4.08. The van der Waals surface area contributed by atoms with Crippen molar-refractivity contribution in [3.05, 3.63) is 46.5 Å². The van der Waals surface area contributed by atoms with Crippen LogP contribution in [-0.4, -0.2) is 21.6 Å². The van der Waals surface area contributed by atoms with Crippen LogP contribution in [-0.2, 0) is 17.6 Å². The van der Waals surface area contributed by atoms with Crippen molar-refractivity contribution in [2.24, 2.45) is 0 Å². The number of nitrogens with zero attached hydrogens (tertiary/aromatic N) is 2. The molecule has 2 aromatic heterocycles. The molecule has 0 atom stereocenters. The molecule has 0 bridgehead atoms. The number of aryl methyl sites for hydroxylation is 1. The normalized spacial score (nSPS) is 14.7. The Labute approximate surface area is 155 Å². The third-order valence-corrected chi connectivity index (χ3v) is 4.86. The number of para-hydroxylation sites is 1. The predicted molar refractivity (Wildman–Crippen MR) is 99.4 cm³/mol. The molecule has 26 heavy (non-hydrogen) atoms. The molecule has 3 aromatic rings. The van der Waals surface area contributed by atoms with Crippen LogP contribution in [0.3, 0.4) is 0 Å². The summed E-state index contributed by atoms with van der Waals surface area (Å²) >= 11 is 1.58. The first-order chi connectivity index (χ1) is 12.5. The first-order valence-corrected chi connectivity index (χ1v) is 9.40. The van der Waals surface area contributed by atoms with E-state index in [0.717, 1.165) is 23.3 Å². The van der Waals surface area contributed by atoms with Gasteiger partial charge in [-0.3, -0.25) is 4.79 Å². The van der Waals surface area contributed by atoms with Gasteiger partial charge in [0.25, 0.3) is 0 Å².